The van der Waals surface area contributed by atoms with E-state index in [1.54, 1.807) is 6.20 Å². The summed E-state index contributed by atoms with van der Waals surface area (Å²) in [6.45, 7) is 3.78. The Morgan fingerprint density at radius 3 is 2.79 bits per heavy atom. The Morgan fingerprint density at radius 2 is 1.93 bits per heavy atom. The van der Waals surface area contributed by atoms with Crippen molar-refractivity contribution in [2.75, 3.05) is 22.9 Å². The Bertz CT molecular complexity index is 1230. The molecule has 0 saturated carbocycles. The van der Waals surface area contributed by atoms with Crippen molar-refractivity contribution in [1.82, 2.24) is 9.97 Å². The second-order valence-corrected chi connectivity index (χ2v) is 7.68. The van der Waals surface area contributed by atoms with E-state index in [0.29, 0.717) is 12.4 Å². The van der Waals surface area contributed by atoms with E-state index in [0.717, 1.165) is 18.5 Å². The van der Waals surface area contributed by atoms with Gasteiger partial charge in [0.15, 0.2) is 0 Å². The molecule has 5 rings (SSSR count). The van der Waals surface area contributed by atoms with Gasteiger partial charge in [0.1, 0.15) is 5.82 Å². The number of aromatic nitrogens is 2. The lowest BCUT2D eigenvalue weighted by atomic mass is 9.95. The predicted octanol–water partition coefficient (Wildman–Crippen LogP) is 4.33. The van der Waals surface area contributed by atoms with Crippen molar-refractivity contribution >= 4 is 28.2 Å². The molecule has 1 aliphatic rings. The summed E-state index contributed by atoms with van der Waals surface area (Å²) >= 11 is 0. The Morgan fingerprint density at radius 1 is 1.03 bits per heavy atom. The van der Waals surface area contributed by atoms with Gasteiger partial charge in [0, 0.05) is 30.5 Å². The molecule has 1 aromatic heterocycles. The van der Waals surface area contributed by atoms with Crippen LogP contribution in [0.4, 0.5) is 17.5 Å². The molecule has 0 spiro atoms. The highest BCUT2D eigenvalue weighted by Gasteiger charge is 2.21. The van der Waals surface area contributed by atoms with E-state index in [1.807, 2.05) is 0 Å². The first-order valence-corrected chi connectivity index (χ1v) is 9.83. The summed E-state index contributed by atoms with van der Waals surface area (Å²) < 4.78 is 0. The highest BCUT2D eigenvalue weighted by Crippen LogP contribution is 2.36. The van der Waals surface area contributed by atoms with Crippen LogP contribution in [0.5, 0.6) is 0 Å². The van der Waals surface area contributed by atoms with Crippen molar-refractivity contribution < 1.29 is 0 Å². The fourth-order valence-electron chi connectivity index (χ4n) is 4.22. The zero-order chi connectivity index (χ0) is 20.0. The first kappa shape index (κ1) is 17.5. The summed E-state index contributed by atoms with van der Waals surface area (Å²) in [7, 11) is 0. The average Bonchev–Trinajstić information content (AvgIpc) is 3.11. The maximum Gasteiger partial charge on any atom is 0.221 e. The zero-order valence-corrected chi connectivity index (χ0v) is 16.4. The number of nitrogens with zero attached hydrogens (tertiary/aromatic N) is 3. The van der Waals surface area contributed by atoms with Crippen molar-refractivity contribution in [3.63, 3.8) is 0 Å². The Kier molecular flexibility index (Phi) is 4.09. The number of benzene rings is 3. The lowest BCUT2D eigenvalue weighted by Crippen LogP contribution is -2.21. The van der Waals surface area contributed by atoms with Gasteiger partial charge >= 0.3 is 0 Å². The lowest BCUT2D eigenvalue weighted by molar-refractivity contribution is 0.830. The smallest absolute Gasteiger partial charge is 0.221 e. The van der Waals surface area contributed by atoms with Gasteiger partial charge in [-0.15, -0.1) is 0 Å². The summed E-state index contributed by atoms with van der Waals surface area (Å²) in [5.74, 6) is 0.664. The fraction of sp³-hybridized carbons (Fsp3) is 0.167. The van der Waals surface area contributed by atoms with Gasteiger partial charge in [0.05, 0.1) is 0 Å². The molecule has 5 heteroatoms. The van der Waals surface area contributed by atoms with Gasteiger partial charge in [-0.2, -0.15) is 4.98 Å². The summed E-state index contributed by atoms with van der Waals surface area (Å²) in [5, 5.41) is 2.57. The predicted molar refractivity (Wildman–Crippen MR) is 120 cm³/mol. The Balaban J connectivity index is 1.49. The number of rotatable bonds is 3. The highest BCUT2D eigenvalue weighted by molar-refractivity contribution is 5.97. The molecule has 0 fully saturated rings. The summed E-state index contributed by atoms with van der Waals surface area (Å²) in [5.41, 5.74) is 19.0. The van der Waals surface area contributed by atoms with Crippen LogP contribution in [0.15, 0.2) is 60.8 Å². The highest BCUT2D eigenvalue weighted by atomic mass is 15.2. The van der Waals surface area contributed by atoms with Crippen LogP contribution in [0.1, 0.15) is 16.7 Å². The second-order valence-electron chi connectivity index (χ2n) is 7.68. The molecule has 4 aromatic rings. The van der Waals surface area contributed by atoms with E-state index in [9.17, 15) is 0 Å². The second kappa shape index (κ2) is 6.78. The van der Waals surface area contributed by atoms with Crippen molar-refractivity contribution in [3.8, 4) is 11.1 Å². The molecule has 5 nitrogen and oxygen atoms in total. The van der Waals surface area contributed by atoms with E-state index in [1.165, 1.54) is 38.7 Å². The fourth-order valence-corrected chi connectivity index (χ4v) is 4.22. The van der Waals surface area contributed by atoms with E-state index < -0.39 is 0 Å². The number of anilines is 3. The minimum absolute atomic E-state index is 0.211. The van der Waals surface area contributed by atoms with Gasteiger partial charge in [-0.25, -0.2) is 4.98 Å². The van der Waals surface area contributed by atoms with Crippen molar-refractivity contribution in [1.29, 1.82) is 0 Å². The molecule has 144 valence electrons. The van der Waals surface area contributed by atoms with Crippen LogP contribution < -0.4 is 16.4 Å². The molecule has 3 aromatic carbocycles. The Labute approximate surface area is 170 Å². The standard InChI is InChI=1S/C24H23N5/c1-15-5-7-21-16(11-15)3-2-4-20(21)17-6-8-22-18(12-17)9-10-29(22)14-19-13-27-24(26)28-23(19)25/h2-8,11-13H,9-10,14H2,1H3,(H4,25,26,27,28). The zero-order valence-electron chi connectivity index (χ0n) is 16.4. The molecule has 0 saturated heterocycles. The first-order chi connectivity index (χ1) is 14.1. The van der Waals surface area contributed by atoms with E-state index in [2.05, 4.69) is 76.4 Å². The molecule has 4 N–H and O–H groups in total. The number of fused-ring (bicyclic) bond motifs is 2. The van der Waals surface area contributed by atoms with Gasteiger partial charge in [-0.3, -0.25) is 0 Å². The van der Waals surface area contributed by atoms with Crippen LogP contribution in [-0.4, -0.2) is 16.5 Å². The van der Waals surface area contributed by atoms with Crippen LogP contribution in [0, 0.1) is 6.92 Å². The number of hydrogen-bond donors (Lipinski definition) is 2. The molecule has 0 amide bonds. The monoisotopic (exact) mass is 381 g/mol. The molecule has 29 heavy (non-hydrogen) atoms. The average molecular weight is 381 g/mol. The quantitative estimate of drug-likeness (QED) is 0.552. The minimum atomic E-state index is 0.211. The lowest BCUT2D eigenvalue weighted by Gasteiger charge is -2.20. The molecule has 0 unspecified atom stereocenters. The number of aryl methyl sites for hydroxylation is 1. The molecular weight excluding hydrogens is 358 g/mol. The summed E-state index contributed by atoms with van der Waals surface area (Å²) in [6.07, 6.45) is 2.74. The molecular formula is C24H23N5. The normalized spacial score (nSPS) is 13.1. The number of nitrogens with two attached hydrogens (primary N) is 2. The maximum atomic E-state index is 6.03. The van der Waals surface area contributed by atoms with Crippen LogP contribution in [0.25, 0.3) is 21.9 Å². The largest absolute Gasteiger partial charge is 0.383 e. The van der Waals surface area contributed by atoms with Gasteiger partial charge in [0.25, 0.3) is 0 Å². The third-order valence-corrected chi connectivity index (χ3v) is 5.70. The van der Waals surface area contributed by atoms with Gasteiger partial charge < -0.3 is 16.4 Å². The molecule has 2 heterocycles. The maximum absolute atomic E-state index is 6.03. The minimum Gasteiger partial charge on any atom is -0.383 e. The van der Waals surface area contributed by atoms with Gasteiger partial charge in [-0.05, 0) is 52.9 Å². The van der Waals surface area contributed by atoms with E-state index in [-0.39, 0.29) is 5.95 Å². The topological polar surface area (TPSA) is 81.1 Å². The third-order valence-electron chi connectivity index (χ3n) is 5.70. The molecule has 0 bridgehead atoms. The third kappa shape index (κ3) is 3.14. The number of nitrogen functional groups attached to an aromatic ring is 2. The summed E-state index contributed by atoms with van der Waals surface area (Å²) in [4.78, 5) is 10.5. The van der Waals surface area contributed by atoms with Gasteiger partial charge in [-0.1, -0.05) is 48.0 Å². The van der Waals surface area contributed by atoms with E-state index >= 15 is 0 Å². The summed E-state index contributed by atoms with van der Waals surface area (Å²) in [6, 6.07) is 19.9. The molecule has 0 atom stereocenters. The first-order valence-electron chi connectivity index (χ1n) is 9.83. The van der Waals surface area contributed by atoms with Crippen molar-refractivity contribution in [3.05, 3.63) is 77.5 Å². The molecule has 0 aliphatic carbocycles. The van der Waals surface area contributed by atoms with Crippen LogP contribution in [-0.2, 0) is 13.0 Å². The molecule has 0 radical (unpaired) electrons. The van der Waals surface area contributed by atoms with Gasteiger partial charge in [0.2, 0.25) is 5.95 Å². The number of hydrogen-bond acceptors (Lipinski definition) is 5. The van der Waals surface area contributed by atoms with E-state index in [4.69, 9.17) is 11.5 Å². The SMILES string of the molecule is Cc1ccc2c(-c3ccc4c(c3)CCN4Cc3cnc(N)nc3N)cccc2c1. The van der Waals surface area contributed by atoms with Crippen LogP contribution >= 0.6 is 0 Å². The van der Waals surface area contributed by atoms with Crippen molar-refractivity contribution in [2.45, 2.75) is 19.9 Å². The Hall–Kier alpha value is -3.60. The van der Waals surface area contributed by atoms with Crippen LogP contribution in [0.2, 0.25) is 0 Å². The molecule has 1 aliphatic heterocycles. The van der Waals surface area contributed by atoms with Crippen molar-refractivity contribution in [2.24, 2.45) is 0 Å². The van der Waals surface area contributed by atoms with Crippen LogP contribution in [0.3, 0.4) is 0 Å².